The van der Waals surface area contributed by atoms with Crippen LogP contribution in [0.2, 0.25) is 5.02 Å². The maximum atomic E-state index is 12.9. The maximum Gasteiger partial charge on any atom is 0.240 e. The van der Waals surface area contributed by atoms with Crippen LogP contribution >= 0.6 is 11.6 Å². The van der Waals surface area contributed by atoms with Gasteiger partial charge < -0.3 is 5.11 Å². The Morgan fingerprint density at radius 3 is 2.18 bits per heavy atom. The molecule has 2 rings (SSSR count). The second kappa shape index (κ2) is 6.75. The number of nitrogens with one attached hydrogen (secondary N) is 1. The van der Waals surface area contributed by atoms with Crippen LogP contribution in [0.1, 0.15) is 18.6 Å². The van der Waals surface area contributed by atoms with Gasteiger partial charge in [-0.15, -0.1) is 0 Å². The van der Waals surface area contributed by atoms with Gasteiger partial charge in [-0.3, -0.25) is 0 Å². The number of aliphatic hydroxyl groups excluding tert-OH is 1. The molecule has 2 N–H and O–H groups in total. The highest BCUT2D eigenvalue weighted by Crippen LogP contribution is 2.20. The molecule has 118 valence electrons. The first-order valence-corrected chi connectivity index (χ1v) is 8.37. The van der Waals surface area contributed by atoms with Gasteiger partial charge in [-0.2, -0.15) is 0 Å². The lowest BCUT2D eigenvalue weighted by molar-refractivity contribution is 0.146. The quantitative estimate of drug-likeness (QED) is 0.877. The summed E-state index contributed by atoms with van der Waals surface area (Å²) in [4.78, 5) is 0.0510. The molecule has 0 fully saturated rings. The van der Waals surface area contributed by atoms with Crippen molar-refractivity contribution in [3.05, 3.63) is 64.9 Å². The van der Waals surface area contributed by atoms with E-state index < -0.39 is 28.0 Å². The van der Waals surface area contributed by atoms with E-state index in [1.165, 1.54) is 55.5 Å². The number of aliphatic hydroxyl groups is 1. The lowest BCUT2D eigenvalue weighted by atomic mass is 10.0. The molecule has 0 saturated heterocycles. The van der Waals surface area contributed by atoms with Crippen LogP contribution in [0.3, 0.4) is 0 Å². The predicted octanol–water partition coefficient (Wildman–Crippen LogP) is 2.88. The molecule has 7 heteroatoms. The van der Waals surface area contributed by atoms with Crippen molar-refractivity contribution in [1.82, 2.24) is 4.72 Å². The number of benzene rings is 2. The summed E-state index contributed by atoms with van der Waals surface area (Å²) < 4.78 is 39.7. The van der Waals surface area contributed by atoms with E-state index in [-0.39, 0.29) is 4.90 Å². The number of rotatable bonds is 5. The molecular weight excluding hydrogens is 329 g/mol. The van der Waals surface area contributed by atoms with Crippen molar-refractivity contribution in [1.29, 1.82) is 0 Å². The first kappa shape index (κ1) is 16.9. The molecule has 0 amide bonds. The van der Waals surface area contributed by atoms with Gasteiger partial charge in [-0.1, -0.05) is 23.7 Å². The van der Waals surface area contributed by atoms with Crippen LogP contribution < -0.4 is 4.72 Å². The predicted molar refractivity (Wildman–Crippen MR) is 82.6 cm³/mol. The minimum Gasteiger partial charge on any atom is -0.387 e. The molecule has 0 spiro atoms. The second-order valence-electron chi connectivity index (χ2n) is 4.86. The molecule has 22 heavy (non-hydrogen) atoms. The summed E-state index contributed by atoms with van der Waals surface area (Å²) in [6.07, 6.45) is -1.09. The number of halogens is 2. The Hall–Kier alpha value is -1.47. The zero-order valence-corrected chi connectivity index (χ0v) is 13.3. The largest absolute Gasteiger partial charge is 0.387 e. The highest BCUT2D eigenvalue weighted by Gasteiger charge is 2.23. The van der Waals surface area contributed by atoms with Gasteiger partial charge in [0.05, 0.1) is 11.0 Å². The Morgan fingerprint density at radius 2 is 1.64 bits per heavy atom. The van der Waals surface area contributed by atoms with Crippen LogP contribution in [0.4, 0.5) is 4.39 Å². The highest BCUT2D eigenvalue weighted by molar-refractivity contribution is 7.89. The average Bonchev–Trinajstić information content (AvgIpc) is 2.47. The number of hydrogen-bond acceptors (Lipinski definition) is 3. The van der Waals surface area contributed by atoms with E-state index in [4.69, 9.17) is 11.6 Å². The molecule has 0 aliphatic rings. The minimum absolute atomic E-state index is 0.0510. The fraction of sp³-hybridized carbons (Fsp3) is 0.200. The van der Waals surface area contributed by atoms with Crippen molar-refractivity contribution in [3.8, 4) is 0 Å². The summed E-state index contributed by atoms with van der Waals surface area (Å²) in [5, 5.41) is 10.6. The molecule has 2 aromatic rings. The average molecular weight is 344 g/mol. The van der Waals surface area contributed by atoms with Crippen molar-refractivity contribution in [3.63, 3.8) is 0 Å². The van der Waals surface area contributed by atoms with E-state index in [1.807, 2.05) is 0 Å². The summed E-state index contributed by atoms with van der Waals surface area (Å²) in [7, 11) is -3.78. The standard InChI is InChI=1S/C15H15ClFNO3S/c1-10(15(19)11-2-6-13(17)7-3-11)18-22(20,21)14-8-4-12(16)5-9-14/h2-10,15,18-19H,1H3. The molecule has 0 saturated carbocycles. The third-order valence-electron chi connectivity index (χ3n) is 3.15. The highest BCUT2D eigenvalue weighted by atomic mass is 35.5. The Bertz CT molecular complexity index is 732. The van der Waals surface area contributed by atoms with E-state index in [2.05, 4.69) is 4.72 Å². The first-order chi connectivity index (χ1) is 10.3. The Balaban J connectivity index is 2.14. The monoisotopic (exact) mass is 343 g/mol. The van der Waals surface area contributed by atoms with Crippen molar-refractivity contribution >= 4 is 21.6 Å². The fourth-order valence-corrected chi connectivity index (χ4v) is 3.31. The lowest BCUT2D eigenvalue weighted by Gasteiger charge is -2.20. The summed E-state index contributed by atoms with van der Waals surface area (Å²) >= 11 is 5.72. The topological polar surface area (TPSA) is 66.4 Å². The molecule has 2 aromatic carbocycles. The summed E-state index contributed by atoms with van der Waals surface area (Å²) in [5.74, 6) is -0.426. The molecule has 2 unspecified atom stereocenters. The Kier molecular flexibility index (Phi) is 5.18. The van der Waals surface area contributed by atoms with Gasteiger partial charge in [-0.25, -0.2) is 17.5 Å². The second-order valence-corrected chi connectivity index (χ2v) is 7.01. The van der Waals surface area contributed by atoms with Gasteiger partial charge in [0.2, 0.25) is 10.0 Å². The number of hydrogen-bond donors (Lipinski definition) is 2. The normalized spacial score (nSPS) is 14.5. The fourth-order valence-electron chi connectivity index (χ4n) is 1.94. The Labute approximate surface area is 133 Å². The van der Waals surface area contributed by atoms with Crippen LogP contribution in [-0.4, -0.2) is 19.6 Å². The molecule has 4 nitrogen and oxygen atoms in total. The van der Waals surface area contributed by atoms with Crippen LogP contribution in [0.5, 0.6) is 0 Å². The SMILES string of the molecule is CC(NS(=O)(=O)c1ccc(Cl)cc1)C(O)c1ccc(F)cc1. The molecule has 0 aromatic heterocycles. The smallest absolute Gasteiger partial charge is 0.240 e. The van der Waals surface area contributed by atoms with Gasteiger partial charge in [0.15, 0.2) is 0 Å². The lowest BCUT2D eigenvalue weighted by Crippen LogP contribution is -2.37. The van der Waals surface area contributed by atoms with E-state index in [9.17, 15) is 17.9 Å². The molecule has 0 bridgehead atoms. The summed E-state index contributed by atoms with van der Waals surface area (Å²) in [6, 6.07) is 10.1. The van der Waals surface area contributed by atoms with Crippen LogP contribution in [0, 0.1) is 5.82 Å². The molecule has 0 aliphatic heterocycles. The van der Waals surface area contributed by atoms with Crippen molar-refractivity contribution < 1.29 is 17.9 Å². The molecule has 2 atom stereocenters. The van der Waals surface area contributed by atoms with Gasteiger partial charge in [0, 0.05) is 11.1 Å². The molecule has 0 heterocycles. The minimum atomic E-state index is -3.78. The first-order valence-electron chi connectivity index (χ1n) is 6.51. The van der Waals surface area contributed by atoms with E-state index in [1.54, 1.807) is 0 Å². The van der Waals surface area contributed by atoms with Gasteiger partial charge in [0.25, 0.3) is 0 Å². The van der Waals surface area contributed by atoms with E-state index in [0.29, 0.717) is 10.6 Å². The zero-order valence-electron chi connectivity index (χ0n) is 11.7. The van der Waals surface area contributed by atoms with Crippen LogP contribution in [-0.2, 0) is 10.0 Å². The van der Waals surface area contributed by atoms with E-state index in [0.717, 1.165) is 0 Å². The van der Waals surface area contributed by atoms with Crippen LogP contribution in [0.15, 0.2) is 53.4 Å². The molecule has 0 aliphatic carbocycles. The summed E-state index contributed by atoms with van der Waals surface area (Å²) in [6.45, 7) is 1.53. The van der Waals surface area contributed by atoms with Gasteiger partial charge in [-0.05, 0) is 48.9 Å². The Morgan fingerprint density at radius 1 is 1.09 bits per heavy atom. The third-order valence-corrected chi connectivity index (χ3v) is 4.98. The third kappa shape index (κ3) is 4.04. The van der Waals surface area contributed by atoms with Crippen molar-refractivity contribution in [2.75, 3.05) is 0 Å². The van der Waals surface area contributed by atoms with Gasteiger partial charge >= 0.3 is 0 Å². The number of sulfonamides is 1. The van der Waals surface area contributed by atoms with Crippen LogP contribution in [0.25, 0.3) is 0 Å². The van der Waals surface area contributed by atoms with Gasteiger partial charge in [0.1, 0.15) is 5.82 Å². The van der Waals surface area contributed by atoms with E-state index >= 15 is 0 Å². The molecule has 0 radical (unpaired) electrons. The summed E-state index contributed by atoms with van der Waals surface area (Å²) in [5.41, 5.74) is 0.424. The zero-order chi connectivity index (χ0) is 16.3. The van der Waals surface area contributed by atoms with Crippen molar-refractivity contribution in [2.24, 2.45) is 0 Å². The van der Waals surface area contributed by atoms with Crippen molar-refractivity contribution in [2.45, 2.75) is 24.0 Å². The maximum absolute atomic E-state index is 12.9. The molecular formula is C15H15ClFNO3S.